The third-order valence-electron chi connectivity index (χ3n) is 13.4. The van der Waals surface area contributed by atoms with Crippen LogP contribution in [0.4, 0.5) is 18.4 Å². The van der Waals surface area contributed by atoms with Crippen LogP contribution in [-0.4, -0.2) is 147 Å². The summed E-state index contributed by atoms with van der Waals surface area (Å²) in [7, 11) is 0. The number of hydrogen-bond acceptors (Lipinski definition) is 14. The molecule has 0 aliphatic rings. The third kappa shape index (κ3) is 28.1. The summed E-state index contributed by atoms with van der Waals surface area (Å²) in [6.07, 6.45) is 3.31. The first-order valence-electron chi connectivity index (χ1n) is 29.2. The molecule has 0 saturated heterocycles. The molecule has 24 heteroatoms. The number of nitrogens with zero attached hydrogens (tertiary/aromatic N) is 2. The van der Waals surface area contributed by atoms with E-state index >= 15 is 0 Å². The number of alkyl carbamates (subject to hydrolysis) is 2. The van der Waals surface area contributed by atoms with Crippen molar-refractivity contribution in [1.82, 2.24) is 41.7 Å². The van der Waals surface area contributed by atoms with Crippen molar-refractivity contribution in [3.63, 3.8) is 0 Å². The Kier molecular flexibility index (Phi) is 31.0. The van der Waals surface area contributed by atoms with Gasteiger partial charge in [0.25, 0.3) is 11.8 Å². The number of ether oxygens (including phenoxy) is 4. The van der Waals surface area contributed by atoms with E-state index in [4.69, 9.17) is 18.9 Å². The molecule has 8 amide bonds. The summed E-state index contributed by atoms with van der Waals surface area (Å²) in [5.41, 5.74) is 2.72. The Labute approximate surface area is 521 Å². The summed E-state index contributed by atoms with van der Waals surface area (Å²) in [6.45, 7) is 4.34. The van der Waals surface area contributed by atoms with Crippen molar-refractivity contribution in [2.24, 2.45) is 0 Å². The van der Waals surface area contributed by atoms with Crippen LogP contribution in [0.5, 0.6) is 0 Å². The lowest BCUT2D eigenvalue weighted by Gasteiger charge is -2.24. The first kappa shape index (κ1) is 70.5. The number of amides is 8. The zero-order chi connectivity index (χ0) is 64.9. The minimum absolute atomic E-state index is 0.00580. The summed E-state index contributed by atoms with van der Waals surface area (Å²) >= 11 is 0. The predicted molar refractivity (Wildman–Crippen MR) is 328 cm³/mol. The average molecular weight is 1240 g/mol. The molecule has 0 aliphatic carbocycles. The maximum atomic E-state index is 14.4. The van der Waals surface area contributed by atoms with Crippen molar-refractivity contribution in [1.29, 1.82) is 0 Å². The number of carbonyl (C=O) groups is 10. The quantitative estimate of drug-likeness (QED) is 0.0111. The van der Waals surface area contributed by atoms with Gasteiger partial charge in [-0.1, -0.05) is 104 Å². The molecule has 22 nitrogen and oxygen atoms in total. The topological polar surface area (TPSA) is 286 Å². The fourth-order valence-electron chi connectivity index (χ4n) is 8.69. The number of esters is 2. The lowest BCUT2D eigenvalue weighted by Crippen LogP contribution is -2.47. The van der Waals surface area contributed by atoms with Crippen LogP contribution in [0.25, 0.3) is 0 Å². The SMILES string of the molecule is C=CC(=O)OC[C@H](CCCCNC(=O)CN(CC(=O)NCCc1ccc(F)cc1)C(=O)c1cccc(C(=O)N(CC(=O)NCCCC[C@@H](COC(=O)C=C)NC(=O)OCc2ccccc2)CC(=O)NCCc2ccc(F)cc2)c1)NC(=O)OCc1ccccc1. The molecule has 478 valence electrons. The molecule has 0 fully saturated rings. The molecular weight excluding hydrogens is 1170 g/mol. The van der Waals surface area contributed by atoms with Crippen molar-refractivity contribution >= 4 is 59.6 Å². The molecule has 0 unspecified atom stereocenters. The molecule has 5 rings (SSSR count). The molecule has 5 aromatic rings. The molecule has 90 heavy (non-hydrogen) atoms. The molecular formula is C66H76F2N8O14. The van der Waals surface area contributed by atoms with Gasteiger partial charge in [0.15, 0.2) is 0 Å². The molecule has 0 aliphatic heterocycles. The van der Waals surface area contributed by atoms with E-state index in [1.807, 2.05) is 12.1 Å². The second-order valence-electron chi connectivity index (χ2n) is 20.5. The van der Waals surface area contributed by atoms with E-state index in [1.165, 1.54) is 48.5 Å². The van der Waals surface area contributed by atoms with Crippen molar-refractivity contribution in [2.45, 2.75) is 76.7 Å². The number of carbonyl (C=O) groups excluding carboxylic acids is 10. The Balaban J connectivity index is 1.24. The first-order valence-corrected chi connectivity index (χ1v) is 29.2. The largest absolute Gasteiger partial charge is 0.460 e. The first-order chi connectivity index (χ1) is 43.5. The van der Waals surface area contributed by atoms with Gasteiger partial charge in [-0.05, 0) is 116 Å². The average Bonchev–Trinajstić information content (AvgIpc) is 1.48. The van der Waals surface area contributed by atoms with Crippen molar-refractivity contribution in [3.05, 3.63) is 204 Å². The number of rotatable bonds is 38. The fourth-order valence-corrected chi connectivity index (χ4v) is 8.69. The number of nitrogens with one attached hydrogen (secondary N) is 6. The van der Waals surface area contributed by atoms with Gasteiger partial charge in [-0.15, -0.1) is 0 Å². The van der Waals surface area contributed by atoms with E-state index in [2.05, 4.69) is 45.1 Å². The van der Waals surface area contributed by atoms with Crippen LogP contribution >= 0.6 is 0 Å². The van der Waals surface area contributed by atoms with Gasteiger partial charge >= 0.3 is 24.1 Å². The number of unbranched alkanes of at least 4 members (excludes halogenated alkanes) is 2. The van der Waals surface area contributed by atoms with Crippen LogP contribution in [-0.2, 0) is 73.8 Å². The van der Waals surface area contributed by atoms with E-state index in [0.717, 1.165) is 44.2 Å². The van der Waals surface area contributed by atoms with Gasteiger partial charge in [-0.2, -0.15) is 0 Å². The summed E-state index contributed by atoms with van der Waals surface area (Å²) in [5.74, 6) is -6.51. The molecule has 2 atom stereocenters. The molecule has 6 N–H and O–H groups in total. The smallest absolute Gasteiger partial charge is 0.407 e. The van der Waals surface area contributed by atoms with Gasteiger partial charge in [-0.3, -0.25) is 28.8 Å². The highest BCUT2D eigenvalue weighted by Gasteiger charge is 2.26. The van der Waals surface area contributed by atoms with Crippen LogP contribution in [0, 0.1) is 11.6 Å². The van der Waals surface area contributed by atoms with Crippen LogP contribution in [0.15, 0.2) is 159 Å². The highest BCUT2D eigenvalue weighted by molar-refractivity contribution is 6.03. The number of halogens is 2. The van der Waals surface area contributed by atoms with Crippen molar-refractivity contribution < 1.29 is 75.7 Å². The van der Waals surface area contributed by atoms with Gasteiger partial charge in [-0.25, -0.2) is 28.0 Å². The summed E-state index contributed by atoms with van der Waals surface area (Å²) in [6, 6.07) is 33.4. The molecule has 0 saturated carbocycles. The highest BCUT2D eigenvalue weighted by atomic mass is 19.1. The molecule has 0 bridgehead atoms. The van der Waals surface area contributed by atoms with Crippen LogP contribution in [0.3, 0.4) is 0 Å². The number of benzene rings is 5. The lowest BCUT2D eigenvalue weighted by atomic mass is 10.1. The second kappa shape index (κ2) is 39.5. The van der Waals surface area contributed by atoms with Crippen LogP contribution in [0.2, 0.25) is 0 Å². The van der Waals surface area contributed by atoms with E-state index in [1.54, 1.807) is 72.8 Å². The Hall–Kier alpha value is -10.3. The fraction of sp³-hybridized carbons (Fsp3) is 0.333. The molecule has 0 heterocycles. The highest BCUT2D eigenvalue weighted by Crippen LogP contribution is 2.14. The minimum Gasteiger partial charge on any atom is -0.460 e. The Bertz CT molecular complexity index is 2970. The standard InChI is InChI=1S/C66H76F2N8O14/c1-3-61(81)87-45-55(73-65(85)89-43-49-16-7-5-8-17-49)22-11-13-34-69-57(77)39-75(41-59(79)71-36-32-47-24-28-53(67)29-25-47)63(83)51-20-15-21-52(38-51)64(84)76(42-60(80)72-37-33-48-26-30-54(68)31-27-48)40-58(78)70-35-14-12-23-56(46-88-62(82)4-2)74-66(86)90-44-50-18-9-6-10-19-50/h3-10,15-21,24-31,38,55-56H,1-2,11-14,22-23,32-37,39-46H2,(H,69,77)(H,70,78)(H,71,79)(H,72,80)(H,73,85)(H,74,86)/t55-,56-/m0/s1. The molecule has 5 aromatic carbocycles. The van der Waals surface area contributed by atoms with Gasteiger partial charge in [0.1, 0.15) is 64.2 Å². The predicted octanol–water partition coefficient (Wildman–Crippen LogP) is 6.19. The van der Waals surface area contributed by atoms with Crippen LogP contribution < -0.4 is 31.9 Å². The minimum atomic E-state index is -0.834. The van der Waals surface area contributed by atoms with Gasteiger partial charge < -0.3 is 60.6 Å². The zero-order valence-corrected chi connectivity index (χ0v) is 49.9. The summed E-state index contributed by atoms with van der Waals surface area (Å²) in [5, 5.41) is 16.3. The Morgan fingerprint density at radius 2 is 0.778 bits per heavy atom. The molecule has 0 spiro atoms. The van der Waals surface area contributed by atoms with Crippen LogP contribution in [0.1, 0.15) is 81.5 Å². The summed E-state index contributed by atoms with van der Waals surface area (Å²) in [4.78, 5) is 134. The maximum absolute atomic E-state index is 14.4. The normalized spacial score (nSPS) is 11.2. The van der Waals surface area contributed by atoms with Crippen molar-refractivity contribution in [2.75, 3.05) is 65.6 Å². The lowest BCUT2D eigenvalue weighted by molar-refractivity contribution is -0.139. The maximum Gasteiger partial charge on any atom is 0.407 e. The van der Waals surface area contributed by atoms with E-state index < -0.39 is 109 Å². The van der Waals surface area contributed by atoms with Gasteiger partial charge in [0.05, 0.1) is 12.1 Å². The Morgan fingerprint density at radius 1 is 0.422 bits per heavy atom. The second-order valence-corrected chi connectivity index (χ2v) is 20.5. The van der Waals surface area contributed by atoms with Gasteiger partial charge in [0, 0.05) is 49.5 Å². The monoisotopic (exact) mass is 1240 g/mol. The zero-order valence-electron chi connectivity index (χ0n) is 49.9. The van der Waals surface area contributed by atoms with E-state index in [9.17, 15) is 56.7 Å². The van der Waals surface area contributed by atoms with E-state index in [0.29, 0.717) is 51.4 Å². The van der Waals surface area contributed by atoms with Crippen molar-refractivity contribution in [3.8, 4) is 0 Å². The summed E-state index contributed by atoms with van der Waals surface area (Å²) < 4.78 is 48.2. The van der Waals surface area contributed by atoms with Gasteiger partial charge in [0.2, 0.25) is 23.6 Å². The molecule has 0 aromatic heterocycles. The third-order valence-corrected chi connectivity index (χ3v) is 13.4. The van der Waals surface area contributed by atoms with E-state index in [-0.39, 0.29) is 63.7 Å². The Morgan fingerprint density at radius 3 is 1.13 bits per heavy atom. The number of hydrogen-bond donors (Lipinski definition) is 6. The molecule has 0 radical (unpaired) electrons.